The summed E-state index contributed by atoms with van der Waals surface area (Å²) in [5.74, 6) is 0.304. The summed E-state index contributed by atoms with van der Waals surface area (Å²) in [4.78, 5) is 0.424. The second-order valence-electron chi connectivity index (χ2n) is 6.16. The van der Waals surface area contributed by atoms with Gasteiger partial charge < -0.3 is 4.74 Å². The Morgan fingerprint density at radius 2 is 1.74 bits per heavy atom. The van der Waals surface area contributed by atoms with Crippen molar-refractivity contribution in [3.05, 3.63) is 29.3 Å². The van der Waals surface area contributed by atoms with E-state index in [1.165, 1.54) is 0 Å². The number of hydrogen-bond acceptors (Lipinski definition) is 3. The first-order valence-corrected chi connectivity index (χ1v) is 8.02. The summed E-state index contributed by atoms with van der Waals surface area (Å²) in [5, 5.41) is 0. The molecule has 0 radical (unpaired) electrons. The largest absolute Gasteiger partial charge is 0.372 e. The molecular formula is C15H22O3S. The monoisotopic (exact) mass is 282 g/mol. The molecule has 0 N–H and O–H groups in total. The number of hydrogen-bond donors (Lipinski definition) is 0. The molecule has 0 aromatic heterocycles. The highest BCUT2D eigenvalue weighted by Gasteiger charge is 2.60. The number of ether oxygens (including phenoxy) is 1. The van der Waals surface area contributed by atoms with Crippen molar-refractivity contribution in [3.8, 4) is 0 Å². The Labute approximate surface area is 115 Å². The molecule has 0 bridgehead atoms. The number of rotatable bonds is 2. The van der Waals surface area contributed by atoms with Crippen LogP contribution in [0.25, 0.3) is 0 Å². The molecule has 0 fully saturated rings. The molecule has 4 heteroatoms. The van der Waals surface area contributed by atoms with Crippen molar-refractivity contribution >= 4 is 9.84 Å². The molecule has 1 aliphatic rings. The maximum absolute atomic E-state index is 12.8. The topological polar surface area (TPSA) is 43.4 Å². The van der Waals surface area contributed by atoms with E-state index in [0.29, 0.717) is 10.8 Å². The average Bonchev–Trinajstić information content (AvgIpc) is 2.46. The standard InChI is InChI=1S/C15H22O3S/c1-10(2)11-7-8-12-13(9-11)19(16,17)14(3,4)15(12,5)18-6/h7-10H,1-6H3. The number of fused-ring (bicyclic) bond motifs is 1. The highest BCUT2D eigenvalue weighted by Crippen LogP contribution is 2.52. The lowest BCUT2D eigenvalue weighted by Gasteiger charge is -2.35. The van der Waals surface area contributed by atoms with Crippen LogP contribution < -0.4 is 0 Å². The van der Waals surface area contributed by atoms with Crippen molar-refractivity contribution in [1.82, 2.24) is 0 Å². The summed E-state index contributed by atoms with van der Waals surface area (Å²) >= 11 is 0. The van der Waals surface area contributed by atoms with Gasteiger partial charge in [0.2, 0.25) is 0 Å². The van der Waals surface area contributed by atoms with Crippen molar-refractivity contribution in [2.45, 2.75) is 55.8 Å². The minimum atomic E-state index is -3.38. The first-order chi connectivity index (χ1) is 8.59. The number of benzene rings is 1. The van der Waals surface area contributed by atoms with Gasteiger partial charge in [-0.3, -0.25) is 0 Å². The van der Waals surface area contributed by atoms with Crippen molar-refractivity contribution in [3.63, 3.8) is 0 Å². The third-order valence-electron chi connectivity index (χ3n) is 4.70. The van der Waals surface area contributed by atoms with E-state index in [0.717, 1.165) is 11.1 Å². The predicted molar refractivity (Wildman–Crippen MR) is 76.2 cm³/mol. The molecule has 1 unspecified atom stereocenters. The van der Waals surface area contributed by atoms with Crippen LogP contribution in [-0.2, 0) is 20.2 Å². The molecule has 1 heterocycles. The van der Waals surface area contributed by atoms with Crippen LogP contribution >= 0.6 is 0 Å². The van der Waals surface area contributed by atoms with E-state index in [-0.39, 0.29) is 0 Å². The fourth-order valence-corrected chi connectivity index (χ4v) is 4.83. The Morgan fingerprint density at radius 3 is 2.21 bits per heavy atom. The summed E-state index contributed by atoms with van der Waals surface area (Å²) in [5.41, 5.74) is 0.999. The van der Waals surface area contributed by atoms with Crippen LogP contribution in [0.2, 0.25) is 0 Å². The van der Waals surface area contributed by atoms with Crippen molar-refractivity contribution in [2.24, 2.45) is 0 Å². The lowest BCUT2D eigenvalue weighted by atomic mass is 9.84. The van der Waals surface area contributed by atoms with Gasteiger partial charge >= 0.3 is 0 Å². The van der Waals surface area contributed by atoms with Crippen LogP contribution in [0.4, 0.5) is 0 Å². The van der Waals surface area contributed by atoms with Crippen molar-refractivity contribution in [2.75, 3.05) is 7.11 Å². The summed E-state index contributed by atoms with van der Waals surface area (Å²) in [7, 11) is -1.81. The van der Waals surface area contributed by atoms with E-state index < -0.39 is 20.2 Å². The molecule has 0 spiro atoms. The smallest absolute Gasteiger partial charge is 0.187 e. The Kier molecular flexibility index (Phi) is 3.11. The lowest BCUT2D eigenvalue weighted by Crippen LogP contribution is -2.46. The van der Waals surface area contributed by atoms with Crippen molar-refractivity contribution in [1.29, 1.82) is 0 Å². The third kappa shape index (κ3) is 1.62. The van der Waals surface area contributed by atoms with Crippen LogP contribution in [0.5, 0.6) is 0 Å². The molecule has 19 heavy (non-hydrogen) atoms. The van der Waals surface area contributed by atoms with Gasteiger partial charge in [0.05, 0.1) is 4.90 Å². The fourth-order valence-electron chi connectivity index (χ4n) is 2.73. The molecule has 0 saturated heterocycles. The molecule has 1 aliphatic heterocycles. The summed E-state index contributed by atoms with van der Waals surface area (Å²) < 4.78 is 30.2. The Bertz CT molecular complexity index is 614. The Morgan fingerprint density at radius 1 is 1.16 bits per heavy atom. The van der Waals surface area contributed by atoms with Gasteiger partial charge in [0.25, 0.3) is 0 Å². The SMILES string of the molecule is COC1(C)c2ccc(C(C)C)cc2S(=O)(=O)C1(C)C. The third-order valence-corrected chi connectivity index (χ3v) is 7.35. The lowest BCUT2D eigenvalue weighted by molar-refractivity contribution is -0.0227. The van der Waals surface area contributed by atoms with E-state index >= 15 is 0 Å². The first-order valence-electron chi connectivity index (χ1n) is 6.54. The summed E-state index contributed by atoms with van der Waals surface area (Å²) in [6.07, 6.45) is 0. The first kappa shape index (κ1) is 14.5. The molecule has 3 nitrogen and oxygen atoms in total. The maximum atomic E-state index is 12.8. The zero-order valence-corrected chi connectivity index (χ0v) is 13.3. The van der Waals surface area contributed by atoms with Gasteiger partial charge in [0.1, 0.15) is 10.3 Å². The molecule has 2 rings (SSSR count). The van der Waals surface area contributed by atoms with E-state index in [2.05, 4.69) is 13.8 Å². The molecule has 0 amide bonds. The molecule has 1 aromatic rings. The van der Waals surface area contributed by atoms with Gasteiger partial charge in [0.15, 0.2) is 9.84 Å². The molecule has 106 valence electrons. The zero-order chi connectivity index (χ0) is 14.6. The molecule has 1 atom stereocenters. The second-order valence-corrected chi connectivity index (χ2v) is 8.63. The molecule has 0 saturated carbocycles. The molecule has 0 aliphatic carbocycles. The van der Waals surface area contributed by atoms with E-state index in [1.54, 1.807) is 27.0 Å². The average molecular weight is 282 g/mol. The Balaban J connectivity index is 2.81. The van der Waals surface area contributed by atoms with Gasteiger partial charge in [-0.2, -0.15) is 0 Å². The fraction of sp³-hybridized carbons (Fsp3) is 0.600. The van der Waals surface area contributed by atoms with Gasteiger partial charge in [0, 0.05) is 12.7 Å². The maximum Gasteiger partial charge on any atom is 0.187 e. The normalized spacial score (nSPS) is 27.5. The van der Waals surface area contributed by atoms with Crippen LogP contribution in [0.3, 0.4) is 0 Å². The minimum absolute atomic E-state index is 0.304. The quantitative estimate of drug-likeness (QED) is 0.836. The van der Waals surface area contributed by atoms with Gasteiger partial charge in [-0.25, -0.2) is 8.42 Å². The predicted octanol–water partition coefficient (Wildman–Crippen LogP) is 3.24. The zero-order valence-electron chi connectivity index (χ0n) is 12.4. The number of methoxy groups -OCH3 is 1. The van der Waals surface area contributed by atoms with E-state index in [1.807, 2.05) is 19.1 Å². The summed E-state index contributed by atoms with van der Waals surface area (Å²) in [6, 6.07) is 5.71. The van der Waals surface area contributed by atoms with Crippen LogP contribution in [0.1, 0.15) is 51.7 Å². The van der Waals surface area contributed by atoms with E-state index in [9.17, 15) is 8.42 Å². The van der Waals surface area contributed by atoms with Crippen LogP contribution in [0.15, 0.2) is 23.1 Å². The van der Waals surface area contributed by atoms with Gasteiger partial charge in [-0.15, -0.1) is 0 Å². The highest BCUT2D eigenvalue weighted by molar-refractivity contribution is 7.93. The van der Waals surface area contributed by atoms with E-state index in [4.69, 9.17) is 4.74 Å². The van der Waals surface area contributed by atoms with Gasteiger partial charge in [-0.1, -0.05) is 26.0 Å². The number of sulfone groups is 1. The second kappa shape index (κ2) is 4.06. The molecule has 1 aromatic carbocycles. The Hall–Kier alpha value is -0.870. The molecular weight excluding hydrogens is 260 g/mol. The van der Waals surface area contributed by atoms with Gasteiger partial charge in [-0.05, 0) is 38.3 Å². The summed E-state index contributed by atoms with van der Waals surface area (Å²) in [6.45, 7) is 9.45. The van der Waals surface area contributed by atoms with Crippen LogP contribution in [0, 0.1) is 0 Å². The van der Waals surface area contributed by atoms with Crippen molar-refractivity contribution < 1.29 is 13.2 Å². The minimum Gasteiger partial charge on any atom is -0.372 e. The highest BCUT2D eigenvalue weighted by atomic mass is 32.2. The van der Waals surface area contributed by atoms with Crippen LogP contribution in [-0.4, -0.2) is 20.3 Å².